The number of piperidine rings is 1. The highest BCUT2D eigenvalue weighted by atomic mass is 16.5. The zero-order valence-corrected chi connectivity index (χ0v) is 14.1. The van der Waals surface area contributed by atoms with E-state index in [-0.39, 0.29) is 30.2 Å². The van der Waals surface area contributed by atoms with E-state index in [2.05, 4.69) is 0 Å². The van der Waals surface area contributed by atoms with E-state index in [4.69, 9.17) is 9.15 Å². The number of carboxylic acid groups (broad SMARTS) is 1. The van der Waals surface area contributed by atoms with E-state index in [1.54, 1.807) is 24.0 Å². The van der Waals surface area contributed by atoms with E-state index >= 15 is 0 Å². The van der Waals surface area contributed by atoms with Gasteiger partial charge in [0.15, 0.2) is 11.9 Å². The predicted molar refractivity (Wildman–Crippen MR) is 85.9 cm³/mol. The van der Waals surface area contributed by atoms with Crippen molar-refractivity contribution in [2.45, 2.75) is 44.4 Å². The number of aliphatic carboxylic acids is 1. The summed E-state index contributed by atoms with van der Waals surface area (Å²) >= 11 is 0. The fourth-order valence-electron chi connectivity index (χ4n) is 3.45. The number of hydrogen-bond donors (Lipinski definition) is 1. The third kappa shape index (κ3) is 3.68. The van der Waals surface area contributed by atoms with E-state index in [1.165, 1.54) is 11.2 Å². The Kier molecular flexibility index (Phi) is 5.08. The quantitative estimate of drug-likeness (QED) is 0.872. The minimum absolute atomic E-state index is 0.00219. The van der Waals surface area contributed by atoms with E-state index < -0.39 is 18.1 Å². The van der Waals surface area contributed by atoms with Gasteiger partial charge in [-0.15, -0.1) is 0 Å². The largest absolute Gasteiger partial charge is 0.479 e. The Morgan fingerprint density at radius 1 is 1.24 bits per heavy atom. The molecule has 0 bridgehead atoms. The molecule has 2 amide bonds. The van der Waals surface area contributed by atoms with Crippen molar-refractivity contribution in [3.8, 4) is 0 Å². The van der Waals surface area contributed by atoms with Crippen LogP contribution in [0.2, 0.25) is 0 Å². The lowest BCUT2D eigenvalue weighted by Crippen LogP contribution is -2.58. The highest BCUT2D eigenvalue weighted by molar-refractivity contribution is 5.95. The molecule has 2 aliphatic rings. The molecule has 3 rings (SSSR count). The number of carbonyl (C=O) groups excluding carboxylic acids is 2. The minimum atomic E-state index is -1.09. The molecule has 1 aromatic rings. The standard InChI is InChI=1S/C17H22N2O6/c1-11-9-18(10-14(25-11)17(22)23)15(20)12-5-2-3-7-19(12)16(21)13-6-4-8-24-13/h4,6,8,11-12,14H,2-3,5,7,9-10H2,1H3,(H,22,23)/t11-,12?,14?/m1/s1. The smallest absolute Gasteiger partial charge is 0.334 e. The molecule has 3 heterocycles. The molecule has 0 aromatic carbocycles. The van der Waals surface area contributed by atoms with Crippen molar-refractivity contribution in [1.29, 1.82) is 0 Å². The van der Waals surface area contributed by atoms with Crippen LogP contribution in [0.4, 0.5) is 0 Å². The zero-order chi connectivity index (χ0) is 18.0. The van der Waals surface area contributed by atoms with Gasteiger partial charge in [-0.05, 0) is 38.3 Å². The van der Waals surface area contributed by atoms with E-state index in [9.17, 15) is 19.5 Å². The maximum Gasteiger partial charge on any atom is 0.334 e. The molecule has 136 valence electrons. The normalized spacial score (nSPS) is 27.2. The molecule has 1 aromatic heterocycles. The SMILES string of the molecule is C[C@@H]1CN(C(=O)C2CCCCN2C(=O)c2ccco2)CC(C(=O)O)O1. The molecule has 1 N–H and O–H groups in total. The molecule has 2 aliphatic heterocycles. The number of furan rings is 1. The van der Waals surface area contributed by atoms with Gasteiger partial charge in [0, 0.05) is 13.1 Å². The molecular weight excluding hydrogens is 328 g/mol. The molecule has 3 atom stereocenters. The molecule has 2 unspecified atom stereocenters. The number of rotatable bonds is 3. The first-order chi connectivity index (χ1) is 12.0. The van der Waals surface area contributed by atoms with Crippen molar-refractivity contribution < 1.29 is 28.6 Å². The molecule has 8 nitrogen and oxygen atoms in total. The van der Waals surface area contributed by atoms with Crippen LogP contribution in [0.1, 0.15) is 36.7 Å². The summed E-state index contributed by atoms with van der Waals surface area (Å²) in [5.74, 6) is -1.41. The molecule has 2 fully saturated rings. The maximum atomic E-state index is 13.0. The second kappa shape index (κ2) is 7.26. The zero-order valence-electron chi connectivity index (χ0n) is 14.1. The van der Waals surface area contributed by atoms with Crippen molar-refractivity contribution >= 4 is 17.8 Å². The maximum absolute atomic E-state index is 13.0. The van der Waals surface area contributed by atoms with Crippen LogP contribution in [0, 0.1) is 0 Å². The van der Waals surface area contributed by atoms with Crippen LogP contribution in [0.25, 0.3) is 0 Å². The molecule has 25 heavy (non-hydrogen) atoms. The highest BCUT2D eigenvalue weighted by Gasteiger charge is 2.40. The molecule has 2 saturated heterocycles. The number of morpholine rings is 1. The fraction of sp³-hybridized carbons (Fsp3) is 0.588. The van der Waals surface area contributed by atoms with E-state index in [0.29, 0.717) is 19.5 Å². The number of carboxylic acids is 1. The van der Waals surface area contributed by atoms with Crippen molar-refractivity contribution in [3.05, 3.63) is 24.2 Å². The van der Waals surface area contributed by atoms with Gasteiger partial charge in [0.1, 0.15) is 6.04 Å². The van der Waals surface area contributed by atoms with Crippen LogP contribution < -0.4 is 0 Å². The lowest BCUT2D eigenvalue weighted by molar-refractivity contribution is -0.168. The van der Waals surface area contributed by atoms with Crippen LogP contribution >= 0.6 is 0 Å². The van der Waals surface area contributed by atoms with Gasteiger partial charge in [-0.2, -0.15) is 0 Å². The first kappa shape index (κ1) is 17.5. The summed E-state index contributed by atoms with van der Waals surface area (Å²) in [4.78, 5) is 39.9. The van der Waals surface area contributed by atoms with Crippen LogP contribution in [0.3, 0.4) is 0 Å². The lowest BCUT2D eigenvalue weighted by atomic mass is 9.99. The van der Waals surface area contributed by atoms with Gasteiger partial charge in [0.05, 0.1) is 18.9 Å². The topological polar surface area (TPSA) is 100 Å². The Balaban J connectivity index is 1.76. The van der Waals surface area contributed by atoms with Gasteiger partial charge in [-0.25, -0.2) is 4.79 Å². The minimum Gasteiger partial charge on any atom is -0.479 e. The summed E-state index contributed by atoms with van der Waals surface area (Å²) in [6, 6.07) is 2.62. The highest BCUT2D eigenvalue weighted by Crippen LogP contribution is 2.23. The number of likely N-dealkylation sites (tertiary alicyclic amines) is 1. The van der Waals surface area contributed by atoms with Gasteiger partial charge in [0.25, 0.3) is 5.91 Å². The molecule has 0 spiro atoms. The summed E-state index contributed by atoms with van der Waals surface area (Å²) in [6.45, 7) is 2.54. The Hall–Kier alpha value is -2.35. The summed E-state index contributed by atoms with van der Waals surface area (Å²) < 4.78 is 10.5. The average Bonchev–Trinajstić information content (AvgIpc) is 3.14. The Bertz CT molecular complexity index is 644. The number of carbonyl (C=O) groups is 3. The Morgan fingerprint density at radius 2 is 2.04 bits per heavy atom. The Morgan fingerprint density at radius 3 is 2.72 bits per heavy atom. The Labute approximate surface area is 145 Å². The van der Waals surface area contributed by atoms with Crippen LogP contribution in [-0.2, 0) is 14.3 Å². The third-order valence-electron chi connectivity index (χ3n) is 4.63. The van der Waals surface area contributed by atoms with Crippen molar-refractivity contribution in [3.63, 3.8) is 0 Å². The van der Waals surface area contributed by atoms with Gasteiger partial charge in [0.2, 0.25) is 5.91 Å². The number of ether oxygens (including phenoxy) is 1. The summed E-state index contributed by atoms with van der Waals surface area (Å²) in [5.41, 5.74) is 0. The predicted octanol–water partition coefficient (Wildman–Crippen LogP) is 0.975. The molecule has 0 radical (unpaired) electrons. The first-order valence-corrected chi connectivity index (χ1v) is 8.49. The lowest BCUT2D eigenvalue weighted by Gasteiger charge is -2.41. The van der Waals surface area contributed by atoms with E-state index in [1.807, 2.05) is 0 Å². The molecular formula is C17H22N2O6. The summed E-state index contributed by atoms with van der Waals surface area (Å²) in [6.07, 6.45) is 2.26. The van der Waals surface area contributed by atoms with Crippen molar-refractivity contribution in [1.82, 2.24) is 9.80 Å². The number of hydrogen-bond acceptors (Lipinski definition) is 5. The number of nitrogens with zero attached hydrogens (tertiary/aromatic N) is 2. The van der Waals surface area contributed by atoms with Gasteiger partial charge < -0.3 is 24.1 Å². The van der Waals surface area contributed by atoms with E-state index in [0.717, 1.165) is 12.8 Å². The number of amides is 2. The molecule has 0 aliphatic carbocycles. The first-order valence-electron chi connectivity index (χ1n) is 8.49. The van der Waals surface area contributed by atoms with Gasteiger partial charge >= 0.3 is 5.97 Å². The van der Waals surface area contributed by atoms with Gasteiger partial charge in [-0.1, -0.05) is 0 Å². The average molecular weight is 350 g/mol. The third-order valence-corrected chi connectivity index (χ3v) is 4.63. The van der Waals surface area contributed by atoms with Crippen LogP contribution in [0.15, 0.2) is 22.8 Å². The fourth-order valence-corrected chi connectivity index (χ4v) is 3.45. The van der Waals surface area contributed by atoms with Gasteiger partial charge in [-0.3, -0.25) is 9.59 Å². The second-order valence-electron chi connectivity index (χ2n) is 6.50. The van der Waals surface area contributed by atoms with Crippen LogP contribution in [-0.4, -0.2) is 70.6 Å². The molecule has 0 saturated carbocycles. The van der Waals surface area contributed by atoms with Crippen molar-refractivity contribution in [2.24, 2.45) is 0 Å². The second-order valence-corrected chi connectivity index (χ2v) is 6.50. The van der Waals surface area contributed by atoms with Crippen LogP contribution in [0.5, 0.6) is 0 Å². The summed E-state index contributed by atoms with van der Waals surface area (Å²) in [7, 11) is 0. The monoisotopic (exact) mass is 350 g/mol. The summed E-state index contributed by atoms with van der Waals surface area (Å²) in [5, 5.41) is 9.19. The molecule has 8 heteroatoms. The van der Waals surface area contributed by atoms with Crippen molar-refractivity contribution in [2.75, 3.05) is 19.6 Å².